The summed E-state index contributed by atoms with van der Waals surface area (Å²) in [7, 11) is 0. The first-order valence-electron chi connectivity index (χ1n) is 12.4. The minimum Gasteiger partial charge on any atom is -0.322 e. The van der Waals surface area contributed by atoms with Gasteiger partial charge in [0, 0.05) is 42.3 Å². The summed E-state index contributed by atoms with van der Waals surface area (Å²) in [6.45, 7) is -0.392. The number of halogens is 3. The highest BCUT2D eigenvalue weighted by atomic mass is 35.5. The van der Waals surface area contributed by atoms with E-state index in [0.29, 0.717) is 0 Å². The molecule has 2 atom stereocenters. The van der Waals surface area contributed by atoms with E-state index in [0.717, 1.165) is 23.1 Å². The number of alkyl halides is 2. The maximum atomic E-state index is 14.7. The summed E-state index contributed by atoms with van der Waals surface area (Å²) >= 11 is 5.70. The number of benzene rings is 2. The summed E-state index contributed by atoms with van der Waals surface area (Å²) in [4.78, 5) is 50.7. The average Bonchev–Trinajstić information content (AvgIpc) is 3.17. The van der Waals surface area contributed by atoms with E-state index in [2.05, 4.69) is 0 Å². The van der Waals surface area contributed by atoms with Gasteiger partial charge in [-0.3, -0.25) is 24.5 Å². The maximum absolute atomic E-state index is 14.7. The number of rotatable bonds is 6. The van der Waals surface area contributed by atoms with E-state index in [4.69, 9.17) is 19.9 Å². The Hall–Kier alpha value is -3.13. The third kappa shape index (κ3) is 4.14. The fourth-order valence-electron chi connectivity index (χ4n) is 3.43. The van der Waals surface area contributed by atoms with E-state index < -0.39 is 73.1 Å². The van der Waals surface area contributed by atoms with Crippen LogP contribution in [0.5, 0.6) is 0 Å². The van der Waals surface area contributed by atoms with Crippen LogP contribution in [-0.4, -0.2) is 34.4 Å². The third-order valence-corrected chi connectivity index (χ3v) is 5.36. The number of amides is 3. The molecule has 0 saturated carbocycles. The Morgan fingerprint density at radius 2 is 1.97 bits per heavy atom. The van der Waals surface area contributed by atoms with E-state index >= 15 is 0 Å². The molecule has 2 aliphatic heterocycles. The molecule has 1 N–H and O–H groups in total. The molecule has 2 aromatic carbocycles. The van der Waals surface area contributed by atoms with Crippen LogP contribution in [-0.2, 0) is 33.2 Å². The van der Waals surface area contributed by atoms with Gasteiger partial charge < -0.3 is 4.90 Å². The van der Waals surface area contributed by atoms with Crippen molar-refractivity contribution >= 4 is 35.1 Å². The van der Waals surface area contributed by atoms with Crippen LogP contribution in [0.3, 0.4) is 0 Å². The standard InChI is InChI=1S/C23H19ClF2N2O4/c24-16-5-3-15(4-6-16)23(25,26)19(29)9-2-13-1-7-17-14(11-13)12-28(22(17)32)18-8-10-20(30)27-21(18)31/h1,3-7,11,18H,2,8-10,12H2,(H,27,30,31)/i2D2,8D,10D2/hD. The Morgan fingerprint density at radius 3 is 2.69 bits per heavy atom. The number of aryl methyl sites for hydroxylation is 1. The molecule has 0 aliphatic carbocycles. The van der Waals surface area contributed by atoms with Gasteiger partial charge in [-0.1, -0.05) is 35.9 Å². The van der Waals surface area contributed by atoms with Crippen molar-refractivity contribution in [2.75, 3.05) is 0 Å². The van der Waals surface area contributed by atoms with Gasteiger partial charge in [0.15, 0.2) is 1.41 Å². The van der Waals surface area contributed by atoms with Gasteiger partial charge in [-0.15, -0.1) is 0 Å². The first-order chi connectivity index (χ1) is 17.5. The van der Waals surface area contributed by atoms with E-state index in [1.807, 2.05) is 0 Å². The van der Waals surface area contributed by atoms with Crippen molar-refractivity contribution < 1.29 is 36.2 Å². The van der Waals surface area contributed by atoms with Gasteiger partial charge in [-0.25, -0.2) is 0 Å². The molecule has 3 amide bonds. The van der Waals surface area contributed by atoms with Crippen molar-refractivity contribution in [2.24, 2.45) is 0 Å². The molecule has 0 bridgehead atoms. The van der Waals surface area contributed by atoms with Gasteiger partial charge in [-0.05, 0) is 42.1 Å². The molecule has 32 heavy (non-hydrogen) atoms. The number of piperidine rings is 1. The van der Waals surface area contributed by atoms with E-state index in [1.165, 1.54) is 24.3 Å². The Labute approximate surface area is 196 Å². The van der Waals surface area contributed by atoms with E-state index in [-0.39, 0.29) is 27.0 Å². The first kappa shape index (κ1) is 15.6. The lowest BCUT2D eigenvalue weighted by Gasteiger charge is -2.29. The highest BCUT2D eigenvalue weighted by molar-refractivity contribution is 6.30. The third-order valence-electron chi connectivity index (χ3n) is 5.11. The lowest BCUT2D eigenvalue weighted by atomic mass is 9.97. The Bertz CT molecular complexity index is 1360. The predicted octanol–water partition coefficient (Wildman–Crippen LogP) is 3.39. The number of hydrogen-bond donors (Lipinski definition) is 1. The van der Waals surface area contributed by atoms with Crippen LogP contribution in [0, 0.1) is 0 Å². The normalized spacial score (nSPS) is 25.9. The van der Waals surface area contributed by atoms with Gasteiger partial charge in [0.2, 0.25) is 17.6 Å². The topological polar surface area (TPSA) is 83.6 Å². The van der Waals surface area contributed by atoms with Crippen LogP contribution in [0.2, 0.25) is 6.43 Å². The largest absolute Gasteiger partial charge is 0.330 e. The molecule has 1 fully saturated rings. The number of ketones is 1. The summed E-state index contributed by atoms with van der Waals surface area (Å²) in [6, 6.07) is 5.96. The Balaban J connectivity index is 1.58. The highest BCUT2D eigenvalue weighted by Crippen LogP contribution is 2.32. The van der Waals surface area contributed by atoms with Crippen LogP contribution < -0.4 is 5.31 Å². The van der Waals surface area contributed by atoms with Crippen LogP contribution in [0.15, 0.2) is 42.5 Å². The molecule has 1 saturated heterocycles. The summed E-state index contributed by atoms with van der Waals surface area (Å²) in [5.41, 5.74) is -0.725. The molecule has 4 rings (SSSR count). The zero-order chi connectivity index (χ0) is 28.4. The van der Waals surface area contributed by atoms with Gasteiger partial charge in [0.1, 0.15) is 6.04 Å². The molecular formula is C23H19ClF2N2O4. The monoisotopic (exact) mass is 466 g/mol. The summed E-state index contributed by atoms with van der Waals surface area (Å²) in [5, 5.41) is -0.0402. The SMILES string of the molecule is [2H]C1C(N2Cc3cc(C([2H])([2H])CC(=O)C(F)(F)c4ccc(Cl)cc4)ccc3C2=O)C(=O)N([2H])C(=O)C1([2H])[2H]. The fourth-order valence-corrected chi connectivity index (χ4v) is 3.56. The van der Waals surface area contributed by atoms with Gasteiger partial charge in [0.05, 0.1) is 0 Å². The van der Waals surface area contributed by atoms with Crippen molar-refractivity contribution in [2.45, 2.75) is 44.1 Å². The highest BCUT2D eigenvalue weighted by Gasteiger charge is 2.41. The minimum absolute atomic E-state index is 0.0173. The lowest BCUT2D eigenvalue weighted by molar-refractivity contribution is -0.144. The molecule has 2 aromatic rings. The second-order valence-electron chi connectivity index (χ2n) is 7.17. The predicted molar refractivity (Wildman–Crippen MR) is 111 cm³/mol. The number of Topliss-reactive ketones (excluding diaryl/α,β-unsaturated/α-hetero) is 1. The number of fused-ring (bicyclic) bond motifs is 1. The molecule has 6 nitrogen and oxygen atoms in total. The number of nitrogens with zero attached hydrogens (tertiary/aromatic N) is 1. The zero-order valence-electron chi connectivity index (χ0n) is 22.3. The Kier molecular flexibility index (Phi) is 4.12. The molecule has 2 aliphatic rings. The van der Waals surface area contributed by atoms with Crippen LogP contribution in [0.1, 0.15) is 53.1 Å². The first-order valence-corrected chi connectivity index (χ1v) is 9.79. The van der Waals surface area contributed by atoms with E-state index in [1.54, 1.807) is 0 Å². The number of imide groups is 1. The van der Waals surface area contributed by atoms with Gasteiger partial charge in [0.25, 0.3) is 5.91 Å². The lowest BCUT2D eigenvalue weighted by Crippen LogP contribution is -2.52. The molecule has 0 radical (unpaired) electrons. The van der Waals surface area contributed by atoms with Crippen molar-refractivity contribution in [1.82, 2.24) is 10.2 Å². The molecule has 9 heteroatoms. The number of carbonyl (C=O) groups excluding carboxylic acids is 4. The molecule has 0 aromatic heterocycles. The van der Waals surface area contributed by atoms with Crippen LogP contribution in [0.25, 0.3) is 0 Å². The van der Waals surface area contributed by atoms with Crippen LogP contribution >= 0.6 is 11.6 Å². The zero-order valence-corrected chi connectivity index (χ0v) is 17.0. The number of nitrogens with one attached hydrogen (secondary N) is 1. The maximum Gasteiger partial charge on any atom is 0.330 e. The fraction of sp³-hybridized carbons (Fsp3) is 0.304. The van der Waals surface area contributed by atoms with Crippen molar-refractivity contribution in [1.29, 1.82) is 0 Å². The van der Waals surface area contributed by atoms with Crippen molar-refractivity contribution in [3.05, 3.63) is 69.7 Å². The average molecular weight is 467 g/mol. The molecule has 0 spiro atoms. The minimum atomic E-state index is -4.00. The van der Waals surface area contributed by atoms with Gasteiger partial charge in [-0.2, -0.15) is 8.78 Å². The quantitative estimate of drug-likeness (QED) is 0.661. The molecular weight excluding hydrogens is 442 g/mol. The molecule has 166 valence electrons. The second kappa shape index (κ2) is 8.43. The second-order valence-corrected chi connectivity index (χ2v) is 7.61. The smallest absolute Gasteiger partial charge is 0.322 e. The summed E-state index contributed by atoms with van der Waals surface area (Å²) in [5.74, 6) is -9.29. The number of hydrogen-bond acceptors (Lipinski definition) is 4. The van der Waals surface area contributed by atoms with E-state index in [9.17, 15) is 28.0 Å². The van der Waals surface area contributed by atoms with Crippen molar-refractivity contribution in [3.8, 4) is 0 Å². The molecule has 2 unspecified atom stereocenters. The van der Waals surface area contributed by atoms with Crippen LogP contribution in [0.4, 0.5) is 8.78 Å². The Morgan fingerprint density at radius 1 is 1.25 bits per heavy atom. The number of carbonyl (C=O) groups is 4. The van der Waals surface area contributed by atoms with Gasteiger partial charge >= 0.3 is 5.92 Å². The summed E-state index contributed by atoms with van der Waals surface area (Å²) in [6.07, 6.45) is -8.74. The van der Waals surface area contributed by atoms with Crippen molar-refractivity contribution in [3.63, 3.8) is 0 Å². The molecule has 2 heterocycles. The summed E-state index contributed by atoms with van der Waals surface area (Å²) < 4.78 is 77.3.